The third-order valence-corrected chi connectivity index (χ3v) is 14.9. The molecule has 0 spiro atoms. The molecule has 0 amide bonds. The van der Waals surface area contributed by atoms with Gasteiger partial charge in [-0.15, -0.1) is 0 Å². The summed E-state index contributed by atoms with van der Waals surface area (Å²) in [5.41, 5.74) is 0. The summed E-state index contributed by atoms with van der Waals surface area (Å²) in [6, 6.07) is 0. The van der Waals surface area contributed by atoms with Crippen molar-refractivity contribution in [1.82, 2.24) is 0 Å². The van der Waals surface area contributed by atoms with Crippen LogP contribution in [0, 0.1) is 0 Å². The Hall–Kier alpha value is -3.15. The summed E-state index contributed by atoms with van der Waals surface area (Å²) in [5.74, 6) is -0.888. The highest BCUT2D eigenvalue weighted by Crippen LogP contribution is 2.17. The van der Waals surface area contributed by atoms with E-state index in [1.807, 2.05) is 0 Å². The van der Waals surface area contributed by atoms with E-state index in [2.05, 4.69) is 93.7 Å². The van der Waals surface area contributed by atoms with E-state index in [9.17, 15) is 14.4 Å². The molecule has 78 heavy (non-hydrogen) atoms. The Labute approximate surface area is 484 Å². The van der Waals surface area contributed by atoms with Crippen LogP contribution in [0.25, 0.3) is 0 Å². The van der Waals surface area contributed by atoms with Gasteiger partial charge in [0.15, 0.2) is 6.10 Å². The van der Waals surface area contributed by atoms with Gasteiger partial charge in [-0.25, -0.2) is 0 Å². The lowest BCUT2D eigenvalue weighted by Gasteiger charge is -2.18. The predicted molar refractivity (Wildman–Crippen MR) is 339 cm³/mol. The third kappa shape index (κ3) is 63.7. The Bertz CT molecular complexity index is 1440. The van der Waals surface area contributed by atoms with Gasteiger partial charge in [0.1, 0.15) is 13.2 Å². The van der Waals surface area contributed by atoms with E-state index in [0.29, 0.717) is 19.3 Å². The molecular weight excluding hydrogens is 961 g/mol. The first-order valence-electron chi connectivity index (χ1n) is 33.9. The van der Waals surface area contributed by atoms with E-state index >= 15 is 0 Å². The van der Waals surface area contributed by atoms with E-state index in [1.165, 1.54) is 205 Å². The fourth-order valence-electron chi connectivity index (χ4n) is 9.84. The molecule has 6 heteroatoms. The van der Waals surface area contributed by atoms with Crippen LogP contribution >= 0.6 is 0 Å². The highest BCUT2D eigenvalue weighted by atomic mass is 16.6. The smallest absolute Gasteiger partial charge is 0.306 e. The SMILES string of the molecule is CC/C=C\C/C=C\C/C=C\C/C=C\CCCCCCCCC(=O)OC(COC(=O)CCCCCCC/C=C\CCCCCCC)COC(=O)CCCCCCCCCCCCCCCCC/C=C\CCCCCCCCCC. The quantitative estimate of drug-likeness (QED) is 0.0261. The Kier molecular flexibility index (Phi) is 63.7. The van der Waals surface area contributed by atoms with Crippen LogP contribution in [-0.2, 0) is 28.6 Å². The number of hydrogen-bond acceptors (Lipinski definition) is 6. The first-order chi connectivity index (χ1) is 38.5. The summed E-state index contributed by atoms with van der Waals surface area (Å²) < 4.78 is 16.9. The molecule has 0 saturated heterocycles. The van der Waals surface area contributed by atoms with Gasteiger partial charge in [-0.3, -0.25) is 14.4 Å². The van der Waals surface area contributed by atoms with Gasteiger partial charge in [0.05, 0.1) is 0 Å². The van der Waals surface area contributed by atoms with Crippen LogP contribution in [0.3, 0.4) is 0 Å². The Morgan fingerprint density at radius 1 is 0.269 bits per heavy atom. The zero-order valence-electron chi connectivity index (χ0n) is 51.9. The Morgan fingerprint density at radius 3 is 0.795 bits per heavy atom. The average Bonchev–Trinajstić information content (AvgIpc) is 3.44. The molecule has 0 aliphatic rings. The summed E-state index contributed by atoms with van der Waals surface area (Å²) in [5, 5.41) is 0. The van der Waals surface area contributed by atoms with Gasteiger partial charge in [0.2, 0.25) is 0 Å². The summed E-state index contributed by atoms with van der Waals surface area (Å²) in [6.07, 6.45) is 86.4. The van der Waals surface area contributed by atoms with E-state index in [4.69, 9.17) is 14.2 Å². The van der Waals surface area contributed by atoms with Crippen molar-refractivity contribution in [3.05, 3.63) is 72.9 Å². The van der Waals surface area contributed by atoms with Crippen LogP contribution in [0.5, 0.6) is 0 Å². The minimum Gasteiger partial charge on any atom is -0.462 e. The van der Waals surface area contributed by atoms with Crippen LogP contribution in [-0.4, -0.2) is 37.2 Å². The van der Waals surface area contributed by atoms with Gasteiger partial charge in [0, 0.05) is 19.3 Å². The topological polar surface area (TPSA) is 78.9 Å². The van der Waals surface area contributed by atoms with Crippen molar-refractivity contribution in [3.8, 4) is 0 Å². The minimum absolute atomic E-state index is 0.0816. The first-order valence-corrected chi connectivity index (χ1v) is 33.9. The molecule has 1 atom stereocenters. The lowest BCUT2D eigenvalue weighted by molar-refractivity contribution is -0.167. The molecule has 0 rings (SSSR count). The van der Waals surface area contributed by atoms with E-state index in [0.717, 1.165) is 103 Å². The van der Waals surface area contributed by atoms with Crippen molar-refractivity contribution in [1.29, 1.82) is 0 Å². The summed E-state index contributed by atoms with van der Waals surface area (Å²) >= 11 is 0. The van der Waals surface area contributed by atoms with Gasteiger partial charge in [-0.05, 0) is 109 Å². The standard InChI is InChI=1S/C72H128O6/c1-4-7-10-13-16-19-22-25-28-30-32-33-34-35-36-37-38-39-41-42-44-47-50-53-56-59-62-65-71(74)77-68-69(67-76-70(73)64-61-58-55-52-49-46-27-24-21-18-15-12-9-6-3)78-72(75)66-63-60-57-54-51-48-45-43-40-31-29-26-23-20-17-14-11-8-5-2/h8,11,17,20,24,26-27,29-30,32,40,43,69H,4-7,9-10,12-16,18-19,21-23,25,28,31,33-39,41-42,44-68H2,1-3H3/b11-8-,20-17-,27-24-,29-26-,32-30-,43-40-. The second kappa shape index (κ2) is 66.4. The molecule has 452 valence electrons. The lowest BCUT2D eigenvalue weighted by Crippen LogP contribution is -2.30. The van der Waals surface area contributed by atoms with Gasteiger partial charge >= 0.3 is 17.9 Å². The summed E-state index contributed by atoms with van der Waals surface area (Å²) in [4.78, 5) is 38.4. The molecule has 0 aromatic rings. The van der Waals surface area contributed by atoms with Crippen LogP contribution in [0.1, 0.15) is 348 Å². The second-order valence-electron chi connectivity index (χ2n) is 22.7. The van der Waals surface area contributed by atoms with Crippen LogP contribution in [0.4, 0.5) is 0 Å². The van der Waals surface area contributed by atoms with Crippen LogP contribution in [0.2, 0.25) is 0 Å². The molecule has 0 bridgehead atoms. The Morgan fingerprint density at radius 2 is 0.500 bits per heavy atom. The van der Waals surface area contributed by atoms with Crippen molar-refractivity contribution < 1.29 is 28.6 Å². The van der Waals surface area contributed by atoms with Gasteiger partial charge in [0.25, 0.3) is 0 Å². The zero-order valence-corrected chi connectivity index (χ0v) is 51.9. The monoisotopic (exact) mass is 1090 g/mol. The number of rotatable bonds is 62. The highest BCUT2D eigenvalue weighted by molar-refractivity contribution is 5.71. The molecule has 0 aromatic carbocycles. The molecule has 0 fully saturated rings. The molecule has 0 radical (unpaired) electrons. The highest BCUT2D eigenvalue weighted by Gasteiger charge is 2.19. The molecule has 0 N–H and O–H groups in total. The molecule has 6 nitrogen and oxygen atoms in total. The summed E-state index contributed by atoms with van der Waals surface area (Å²) in [7, 11) is 0. The number of allylic oxidation sites excluding steroid dienone is 12. The number of esters is 3. The van der Waals surface area contributed by atoms with Crippen LogP contribution < -0.4 is 0 Å². The van der Waals surface area contributed by atoms with E-state index < -0.39 is 6.10 Å². The number of carbonyl (C=O) groups is 3. The van der Waals surface area contributed by atoms with Crippen molar-refractivity contribution in [3.63, 3.8) is 0 Å². The molecule has 0 saturated carbocycles. The molecule has 0 aliphatic heterocycles. The van der Waals surface area contributed by atoms with E-state index in [-0.39, 0.29) is 31.1 Å². The number of carbonyl (C=O) groups excluding carboxylic acids is 3. The van der Waals surface area contributed by atoms with Crippen molar-refractivity contribution in [2.75, 3.05) is 13.2 Å². The second-order valence-corrected chi connectivity index (χ2v) is 22.7. The summed E-state index contributed by atoms with van der Waals surface area (Å²) in [6.45, 7) is 6.54. The fraction of sp³-hybridized carbons (Fsp3) is 0.792. The molecule has 0 heterocycles. The lowest BCUT2D eigenvalue weighted by atomic mass is 10.0. The maximum atomic E-state index is 12.9. The molecule has 0 aromatic heterocycles. The molecule has 0 aliphatic carbocycles. The maximum absolute atomic E-state index is 12.9. The first kappa shape index (κ1) is 74.8. The molecular formula is C72H128O6. The third-order valence-electron chi connectivity index (χ3n) is 14.9. The van der Waals surface area contributed by atoms with E-state index in [1.54, 1.807) is 0 Å². The van der Waals surface area contributed by atoms with Gasteiger partial charge in [-0.2, -0.15) is 0 Å². The van der Waals surface area contributed by atoms with Crippen LogP contribution in [0.15, 0.2) is 72.9 Å². The largest absolute Gasteiger partial charge is 0.462 e. The normalized spacial score (nSPS) is 12.5. The van der Waals surface area contributed by atoms with Crippen molar-refractivity contribution >= 4 is 17.9 Å². The van der Waals surface area contributed by atoms with Crippen molar-refractivity contribution in [2.45, 2.75) is 354 Å². The predicted octanol–water partition coefficient (Wildman–Crippen LogP) is 23.3. The number of unbranched alkanes of at least 4 members (excludes halogenated alkanes) is 39. The van der Waals surface area contributed by atoms with Crippen molar-refractivity contribution in [2.24, 2.45) is 0 Å². The number of ether oxygens (including phenoxy) is 3. The van der Waals surface area contributed by atoms with Gasteiger partial charge in [-0.1, -0.05) is 293 Å². The average molecular weight is 1090 g/mol. The van der Waals surface area contributed by atoms with Gasteiger partial charge < -0.3 is 14.2 Å². The maximum Gasteiger partial charge on any atom is 0.306 e. The Balaban J connectivity index is 4.28. The zero-order chi connectivity index (χ0) is 56.4. The minimum atomic E-state index is -0.787. The number of hydrogen-bond donors (Lipinski definition) is 0. The molecule has 1 unspecified atom stereocenters. The fourth-order valence-corrected chi connectivity index (χ4v) is 9.84.